The van der Waals surface area contributed by atoms with Crippen LogP contribution in [0.2, 0.25) is 0 Å². The molecule has 0 bridgehead atoms. The summed E-state index contributed by atoms with van der Waals surface area (Å²) in [4.78, 5) is 15.5. The number of morpholine rings is 1. The zero-order valence-electron chi connectivity index (χ0n) is 20.1. The predicted octanol–water partition coefficient (Wildman–Crippen LogP) is 3.24. The monoisotopic (exact) mass is 487 g/mol. The van der Waals surface area contributed by atoms with Crippen molar-refractivity contribution in [1.29, 1.82) is 0 Å². The maximum atomic E-state index is 10.1. The summed E-state index contributed by atoms with van der Waals surface area (Å²) < 4.78 is 13.2. The van der Waals surface area contributed by atoms with Crippen LogP contribution in [-0.2, 0) is 11.2 Å². The van der Waals surface area contributed by atoms with Gasteiger partial charge in [-0.05, 0) is 18.6 Å². The third-order valence-corrected chi connectivity index (χ3v) is 5.90. The van der Waals surface area contributed by atoms with Crippen molar-refractivity contribution in [1.82, 2.24) is 19.5 Å². The van der Waals surface area contributed by atoms with Crippen LogP contribution in [0.5, 0.6) is 6.01 Å². The summed E-state index contributed by atoms with van der Waals surface area (Å²) in [6.45, 7) is 4.78. The maximum absolute atomic E-state index is 10.1. The number of hydrogen-bond donors (Lipinski definition) is 2. The van der Waals surface area contributed by atoms with Gasteiger partial charge in [-0.1, -0.05) is 48.5 Å². The number of rotatable bonds is 9. The molecular weight excluding hydrogens is 458 g/mol. The predicted molar refractivity (Wildman–Crippen MR) is 139 cm³/mol. The molecular formula is C26H29N7O3. The highest BCUT2D eigenvalue weighted by Crippen LogP contribution is 2.23. The van der Waals surface area contributed by atoms with Crippen molar-refractivity contribution >= 4 is 29.0 Å². The van der Waals surface area contributed by atoms with Gasteiger partial charge in [-0.25, -0.2) is 5.43 Å². The fourth-order valence-electron chi connectivity index (χ4n) is 4.07. The van der Waals surface area contributed by atoms with Crippen LogP contribution in [0.1, 0.15) is 24.3 Å². The Hall–Kier alpha value is -4.02. The van der Waals surface area contributed by atoms with E-state index in [4.69, 9.17) is 9.47 Å². The van der Waals surface area contributed by atoms with E-state index in [0.29, 0.717) is 38.9 Å². The first-order valence-corrected chi connectivity index (χ1v) is 12.0. The molecule has 1 fully saturated rings. The second kappa shape index (κ2) is 11.1. The molecule has 1 unspecified atom stereocenters. The quantitative estimate of drug-likeness (QED) is 0.274. The fourth-order valence-corrected chi connectivity index (χ4v) is 4.07. The SMILES string of the molecule is CC(O)n1cc(C=NNc2nc(OCCc3ccccc3)nc(N3CCOCC3)n2)c2ccccc21. The van der Waals surface area contributed by atoms with Crippen molar-refractivity contribution in [3.63, 3.8) is 0 Å². The molecule has 186 valence electrons. The Morgan fingerprint density at radius 3 is 2.67 bits per heavy atom. The number of aliphatic hydroxyl groups excluding tert-OH is 1. The molecule has 0 spiro atoms. The molecule has 3 heterocycles. The van der Waals surface area contributed by atoms with Crippen molar-refractivity contribution in [2.75, 3.05) is 43.2 Å². The normalized spacial score (nSPS) is 14.9. The third kappa shape index (κ3) is 5.61. The summed E-state index contributed by atoms with van der Waals surface area (Å²) >= 11 is 0. The Bertz CT molecular complexity index is 1320. The second-order valence-corrected chi connectivity index (χ2v) is 8.44. The molecule has 2 aromatic carbocycles. The molecule has 5 rings (SSSR count). The van der Waals surface area contributed by atoms with Gasteiger partial charge in [0.25, 0.3) is 5.95 Å². The fraction of sp³-hybridized carbons (Fsp3) is 0.308. The lowest BCUT2D eigenvalue weighted by atomic mass is 10.2. The van der Waals surface area contributed by atoms with Crippen molar-refractivity contribution in [2.24, 2.45) is 5.10 Å². The number of nitrogens with zero attached hydrogens (tertiary/aromatic N) is 6. The number of para-hydroxylation sites is 1. The zero-order valence-corrected chi connectivity index (χ0v) is 20.1. The molecule has 36 heavy (non-hydrogen) atoms. The van der Waals surface area contributed by atoms with Gasteiger partial charge in [0.15, 0.2) is 0 Å². The molecule has 1 atom stereocenters. The summed E-state index contributed by atoms with van der Waals surface area (Å²) in [7, 11) is 0. The Morgan fingerprint density at radius 2 is 1.86 bits per heavy atom. The minimum Gasteiger partial charge on any atom is -0.463 e. The van der Waals surface area contributed by atoms with Gasteiger partial charge in [0.2, 0.25) is 5.95 Å². The standard InChI is InChI=1S/C26H29N7O3/c1-19(34)33-18-21(22-9-5-6-10-23(22)33)17-27-31-24-28-25(32-12-15-35-16-13-32)30-26(29-24)36-14-11-20-7-3-2-4-8-20/h2-10,17-19,34H,11-16H2,1H3,(H,28,29,30,31). The van der Waals surface area contributed by atoms with Gasteiger partial charge in [0.1, 0.15) is 6.23 Å². The van der Waals surface area contributed by atoms with Gasteiger partial charge in [0, 0.05) is 36.7 Å². The van der Waals surface area contributed by atoms with Crippen molar-refractivity contribution in [2.45, 2.75) is 19.6 Å². The number of benzene rings is 2. The van der Waals surface area contributed by atoms with E-state index in [1.54, 1.807) is 17.7 Å². The van der Waals surface area contributed by atoms with Crippen molar-refractivity contribution < 1.29 is 14.6 Å². The molecule has 0 amide bonds. The van der Waals surface area contributed by atoms with Gasteiger partial charge >= 0.3 is 6.01 Å². The first-order chi connectivity index (χ1) is 17.7. The maximum Gasteiger partial charge on any atom is 0.323 e. The average Bonchev–Trinajstić information content (AvgIpc) is 3.29. The van der Waals surface area contributed by atoms with E-state index in [2.05, 4.69) is 37.6 Å². The lowest BCUT2D eigenvalue weighted by Gasteiger charge is -2.26. The lowest BCUT2D eigenvalue weighted by Crippen LogP contribution is -2.37. The third-order valence-electron chi connectivity index (χ3n) is 5.90. The number of hydrogen-bond acceptors (Lipinski definition) is 9. The second-order valence-electron chi connectivity index (χ2n) is 8.44. The Balaban J connectivity index is 1.34. The van der Waals surface area contributed by atoms with Gasteiger partial charge in [-0.15, -0.1) is 0 Å². The summed E-state index contributed by atoms with van der Waals surface area (Å²) in [6.07, 6.45) is 3.65. The number of anilines is 2. The molecule has 0 saturated carbocycles. The van der Waals surface area contributed by atoms with E-state index in [1.807, 2.05) is 53.6 Å². The number of hydrazone groups is 1. The van der Waals surface area contributed by atoms with Crippen LogP contribution < -0.4 is 15.1 Å². The molecule has 10 nitrogen and oxygen atoms in total. The van der Waals surface area contributed by atoms with Crippen molar-refractivity contribution in [3.05, 3.63) is 71.9 Å². The lowest BCUT2D eigenvalue weighted by molar-refractivity contribution is 0.122. The first kappa shape index (κ1) is 23.7. The topological polar surface area (TPSA) is 110 Å². The Labute approximate surface area is 209 Å². The average molecular weight is 488 g/mol. The summed E-state index contributed by atoms with van der Waals surface area (Å²) in [5.41, 5.74) is 5.89. The molecule has 4 aromatic rings. The summed E-state index contributed by atoms with van der Waals surface area (Å²) in [5.74, 6) is 0.808. The number of ether oxygens (including phenoxy) is 2. The smallest absolute Gasteiger partial charge is 0.323 e. The van der Waals surface area contributed by atoms with Gasteiger partial charge in [-0.2, -0.15) is 20.1 Å². The Kier molecular flexibility index (Phi) is 7.34. The highest BCUT2D eigenvalue weighted by Gasteiger charge is 2.17. The Morgan fingerprint density at radius 1 is 1.08 bits per heavy atom. The molecule has 10 heteroatoms. The van der Waals surface area contributed by atoms with Crippen molar-refractivity contribution in [3.8, 4) is 6.01 Å². The molecule has 1 aliphatic heterocycles. The van der Waals surface area contributed by atoms with Gasteiger partial charge < -0.3 is 24.0 Å². The van der Waals surface area contributed by atoms with Crippen LogP contribution >= 0.6 is 0 Å². The molecule has 0 radical (unpaired) electrons. The summed E-state index contributed by atoms with van der Waals surface area (Å²) in [5, 5.41) is 15.5. The van der Waals surface area contributed by atoms with Crippen LogP contribution in [0.15, 0.2) is 65.9 Å². The molecule has 1 saturated heterocycles. The molecule has 0 aliphatic carbocycles. The number of fused-ring (bicyclic) bond motifs is 1. The van der Waals surface area contributed by atoms with E-state index < -0.39 is 6.23 Å². The largest absolute Gasteiger partial charge is 0.463 e. The van der Waals surface area contributed by atoms with Crippen LogP contribution in [0.4, 0.5) is 11.9 Å². The van der Waals surface area contributed by atoms with Crippen LogP contribution in [0, 0.1) is 0 Å². The molecule has 2 N–H and O–H groups in total. The highest BCUT2D eigenvalue weighted by atomic mass is 16.5. The minimum atomic E-state index is -0.653. The number of aromatic nitrogens is 4. The zero-order chi connectivity index (χ0) is 24.7. The van der Waals surface area contributed by atoms with E-state index in [-0.39, 0.29) is 12.0 Å². The van der Waals surface area contributed by atoms with E-state index in [0.717, 1.165) is 22.9 Å². The first-order valence-electron chi connectivity index (χ1n) is 12.0. The summed E-state index contributed by atoms with van der Waals surface area (Å²) in [6, 6.07) is 18.2. The van der Waals surface area contributed by atoms with E-state index in [1.165, 1.54) is 5.56 Å². The molecule has 1 aliphatic rings. The minimum absolute atomic E-state index is 0.242. The molecule has 2 aromatic heterocycles. The van der Waals surface area contributed by atoms with Crippen LogP contribution in [0.25, 0.3) is 10.9 Å². The van der Waals surface area contributed by atoms with Crippen LogP contribution in [0.3, 0.4) is 0 Å². The number of aliphatic hydroxyl groups is 1. The number of nitrogens with one attached hydrogen (secondary N) is 1. The van der Waals surface area contributed by atoms with E-state index >= 15 is 0 Å². The van der Waals surface area contributed by atoms with Gasteiger partial charge in [0.05, 0.1) is 31.6 Å². The van der Waals surface area contributed by atoms with Gasteiger partial charge in [-0.3, -0.25) is 0 Å². The van der Waals surface area contributed by atoms with Crippen LogP contribution in [-0.4, -0.2) is 63.8 Å². The highest BCUT2D eigenvalue weighted by molar-refractivity contribution is 5.99. The van der Waals surface area contributed by atoms with E-state index in [9.17, 15) is 5.11 Å².